The van der Waals surface area contributed by atoms with Gasteiger partial charge in [-0.1, -0.05) is 31.7 Å². The number of likely N-dealkylation sites (tertiary alicyclic amines) is 1. The fourth-order valence-corrected chi connectivity index (χ4v) is 6.96. The number of halogens is 2. The van der Waals surface area contributed by atoms with E-state index in [0.29, 0.717) is 29.2 Å². The number of nitrogens with two attached hydrogens (primary N) is 2. The van der Waals surface area contributed by atoms with Crippen molar-refractivity contribution in [2.75, 3.05) is 39.3 Å². The van der Waals surface area contributed by atoms with Crippen LogP contribution in [0, 0.1) is 11.8 Å². The summed E-state index contributed by atoms with van der Waals surface area (Å²) in [7, 11) is -3.80. The number of allylic oxidation sites excluding steroid dienone is 3. The molecule has 2 aromatic rings. The van der Waals surface area contributed by atoms with E-state index >= 15 is 0 Å². The summed E-state index contributed by atoms with van der Waals surface area (Å²) in [6.07, 6.45) is 4.05. The smallest absolute Gasteiger partial charge is 0.355 e. The van der Waals surface area contributed by atoms with Gasteiger partial charge in [0.2, 0.25) is 10.0 Å². The van der Waals surface area contributed by atoms with Crippen molar-refractivity contribution in [3.63, 3.8) is 0 Å². The molecule has 0 bridgehead atoms. The number of aromatic amines is 1. The summed E-state index contributed by atoms with van der Waals surface area (Å²) in [5.41, 5.74) is 17.3. The van der Waals surface area contributed by atoms with Gasteiger partial charge in [-0.25, -0.2) is 28.2 Å². The Kier molecular flexibility index (Phi) is 11.2. The van der Waals surface area contributed by atoms with Gasteiger partial charge in [-0.2, -0.15) is 4.39 Å². The number of aliphatic hydroxyl groups is 1. The first-order valence-corrected chi connectivity index (χ1v) is 17.5. The van der Waals surface area contributed by atoms with Crippen LogP contribution in [0.15, 0.2) is 70.2 Å². The van der Waals surface area contributed by atoms with Gasteiger partial charge in [0, 0.05) is 42.7 Å². The fraction of sp³-hybridized carbons (Fsp3) is 0.400. The zero-order chi connectivity index (χ0) is 35.3. The number of hydrazine groups is 1. The minimum absolute atomic E-state index is 0.0416. The van der Waals surface area contributed by atoms with Crippen LogP contribution >= 0.6 is 0 Å². The molecule has 2 unspecified atom stereocenters. The third-order valence-electron chi connectivity index (χ3n) is 8.46. The number of alkyl halides is 1. The van der Waals surface area contributed by atoms with Crippen LogP contribution in [0.3, 0.4) is 0 Å². The van der Waals surface area contributed by atoms with Crippen LogP contribution in [0.5, 0.6) is 0 Å². The Morgan fingerprint density at radius 1 is 1.22 bits per heavy atom. The Labute approximate surface area is 283 Å². The van der Waals surface area contributed by atoms with Crippen molar-refractivity contribution in [3.05, 3.63) is 92.7 Å². The number of aromatic nitrogens is 1. The molecular formula is C35H40F2N6O5S. The first-order chi connectivity index (χ1) is 23.3. The minimum Gasteiger partial charge on any atom is -0.503 e. The number of nitrogens with one attached hydrogen (secondary N) is 2. The monoisotopic (exact) mass is 694 g/mol. The van der Waals surface area contributed by atoms with E-state index in [1.54, 1.807) is 0 Å². The van der Waals surface area contributed by atoms with Gasteiger partial charge in [0.05, 0.1) is 28.5 Å². The highest BCUT2D eigenvalue weighted by atomic mass is 32.2. The molecule has 1 saturated heterocycles. The van der Waals surface area contributed by atoms with Crippen LogP contribution in [0.1, 0.15) is 54.2 Å². The highest BCUT2D eigenvalue weighted by Crippen LogP contribution is 2.31. The third kappa shape index (κ3) is 8.71. The molecular weight excluding hydrogens is 654 g/mol. The number of carbonyl (C=O) groups is 1. The number of carbonyl (C=O) groups excluding carboxylic acids is 1. The van der Waals surface area contributed by atoms with Gasteiger partial charge >= 0.3 is 5.97 Å². The second-order valence-corrected chi connectivity index (χ2v) is 14.4. The van der Waals surface area contributed by atoms with Gasteiger partial charge in [0.25, 0.3) is 0 Å². The van der Waals surface area contributed by atoms with Crippen LogP contribution in [0.4, 0.5) is 8.78 Å². The summed E-state index contributed by atoms with van der Waals surface area (Å²) >= 11 is 0. The normalized spacial score (nSPS) is 19.6. The lowest BCUT2D eigenvalue weighted by Gasteiger charge is -2.33. The van der Waals surface area contributed by atoms with Gasteiger partial charge in [-0.3, -0.25) is 0 Å². The Balaban J connectivity index is 1.12. The van der Waals surface area contributed by atoms with Gasteiger partial charge in [-0.15, -0.1) is 0 Å². The van der Waals surface area contributed by atoms with E-state index in [1.165, 1.54) is 41.6 Å². The van der Waals surface area contributed by atoms with Crippen molar-refractivity contribution in [2.24, 2.45) is 23.4 Å². The van der Waals surface area contributed by atoms with E-state index in [9.17, 15) is 27.1 Å². The lowest BCUT2D eigenvalue weighted by molar-refractivity contribution is 0.0452. The number of aliphatic hydroxyl groups excluding tert-OH is 1. The molecule has 7 N–H and O–H groups in total. The summed E-state index contributed by atoms with van der Waals surface area (Å²) in [6.45, 7) is 6.69. The number of rotatable bonds is 13. The van der Waals surface area contributed by atoms with Crippen LogP contribution in [0.2, 0.25) is 0 Å². The van der Waals surface area contributed by atoms with Crippen LogP contribution in [0.25, 0.3) is 17.5 Å². The predicted octanol–water partition coefficient (Wildman–Crippen LogP) is 2.32. The highest BCUT2D eigenvalue weighted by molar-refractivity contribution is 7.89. The zero-order valence-corrected chi connectivity index (χ0v) is 28.1. The van der Waals surface area contributed by atoms with E-state index in [-0.39, 0.29) is 52.6 Å². The molecule has 2 heterocycles. The van der Waals surface area contributed by atoms with Crippen LogP contribution < -0.4 is 26.9 Å². The summed E-state index contributed by atoms with van der Waals surface area (Å²) in [6, 6.07) is 5.74. The third-order valence-corrected chi connectivity index (χ3v) is 9.94. The number of esters is 1. The standard InChI is InChI=1S/C35H40F2N6O5S/c1-22(2)21-48-35(45)34-33(27-18-25(36)8-11-30(27)41-34)29(38)20-43(39)19-23-12-15-42(16-13-23)17-14-40-49(46,47)26-9-6-24(7-10-26)32-28(37)4-3-5-31(32)44/h4,6-7,9-10,18,20,22-23,28,32,40-41,44H,12-17,19,21,38-39H2,1-2H3/b29-20-. The molecule has 1 fully saturated rings. The quantitative estimate of drug-likeness (QED) is 0.0916. The molecule has 3 aliphatic rings. The number of piperidine rings is 1. The first-order valence-electron chi connectivity index (χ1n) is 16.0. The number of hydrogen-bond donors (Lipinski definition) is 5. The largest absolute Gasteiger partial charge is 0.503 e. The molecule has 14 heteroatoms. The van der Waals surface area contributed by atoms with Crippen molar-refractivity contribution < 1.29 is 31.8 Å². The number of ether oxygens (including phenoxy) is 1. The average molecular weight is 695 g/mol. The molecule has 0 spiro atoms. The highest BCUT2D eigenvalue weighted by Gasteiger charge is 2.28. The minimum atomic E-state index is -3.80. The maximum atomic E-state index is 14.3. The summed E-state index contributed by atoms with van der Waals surface area (Å²) in [5, 5.41) is 12.2. The van der Waals surface area contributed by atoms with Crippen molar-refractivity contribution in [1.82, 2.24) is 19.6 Å². The number of sulfonamides is 1. The Morgan fingerprint density at radius 2 is 1.94 bits per heavy atom. The van der Waals surface area contributed by atoms with Gasteiger partial charge in [-0.05, 0) is 78.7 Å². The SMILES string of the molecule is CC(C)COC(=O)c1[nH]c2c(c1/C(N)=C/N(N)CC1CCN(CCNS(=O)(=O)c3ccc(C4C(O)=C=C=CC4F)cc3)CC1)=CC(F)=C=C=2. The Hall–Kier alpha value is -4.60. The Morgan fingerprint density at radius 3 is 2.61 bits per heavy atom. The molecule has 0 saturated carbocycles. The van der Waals surface area contributed by atoms with Crippen molar-refractivity contribution in [3.8, 4) is 0 Å². The van der Waals surface area contributed by atoms with E-state index in [1.807, 2.05) is 13.8 Å². The molecule has 1 aliphatic heterocycles. The maximum Gasteiger partial charge on any atom is 0.355 e. The Bertz CT molecular complexity index is 2020. The molecule has 5 rings (SSSR count). The van der Waals surface area contributed by atoms with E-state index in [4.69, 9.17) is 16.3 Å². The van der Waals surface area contributed by atoms with Gasteiger partial charge in [0.1, 0.15) is 11.9 Å². The molecule has 11 nitrogen and oxygen atoms in total. The van der Waals surface area contributed by atoms with E-state index < -0.39 is 33.9 Å². The van der Waals surface area contributed by atoms with Gasteiger partial charge in [0.15, 0.2) is 11.6 Å². The molecule has 2 atom stereocenters. The number of nitrogens with zero attached hydrogens (tertiary/aromatic N) is 2. The van der Waals surface area contributed by atoms with E-state index in [0.717, 1.165) is 32.0 Å². The molecule has 0 amide bonds. The molecule has 1 aromatic heterocycles. The van der Waals surface area contributed by atoms with Crippen molar-refractivity contribution in [1.29, 1.82) is 0 Å². The van der Waals surface area contributed by atoms with Crippen LogP contribution in [-0.4, -0.2) is 79.9 Å². The van der Waals surface area contributed by atoms with E-state index in [2.05, 4.69) is 37.5 Å². The zero-order valence-electron chi connectivity index (χ0n) is 27.3. The molecule has 260 valence electrons. The maximum absolute atomic E-state index is 14.3. The second-order valence-electron chi connectivity index (χ2n) is 12.7. The molecule has 0 radical (unpaired) electrons. The van der Waals surface area contributed by atoms with Crippen molar-refractivity contribution >= 4 is 33.5 Å². The lowest BCUT2D eigenvalue weighted by Crippen LogP contribution is -2.42. The van der Waals surface area contributed by atoms with Crippen LogP contribution in [-0.2, 0) is 14.8 Å². The number of benzene rings is 1. The van der Waals surface area contributed by atoms with Crippen molar-refractivity contribution in [2.45, 2.75) is 43.7 Å². The number of hydrogen-bond acceptors (Lipinski definition) is 9. The lowest BCUT2D eigenvalue weighted by atomic mass is 9.91. The number of H-pyrrole nitrogens is 1. The predicted molar refractivity (Wildman–Crippen MR) is 180 cm³/mol. The fourth-order valence-electron chi connectivity index (χ4n) is 5.93. The number of fused-ring (bicyclic) bond motifs is 1. The molecule has 49 heavy (non-hydrogen) atoms. The summed E-state index contributed by atoms with van der Waals surface area (Å²) in [5.74, 6) is 4.16. The summed E-state index contributed by atoms with van der Waals surface area (Å²) in [4.78, 5) is 18.0. The second kappa shape index (κ2) is 15.3. The molecule has 1 aromatic carbocycles. The topological polar surface area (TPSA) is 167 Å². The molecule has 2 aliphatic carbocycles. The average Bonchev–Trinajstić information content (AvgIpc) is 3.43. The summed E-state index contributed by atoms with van der Waals surface area (Å²) < 4.78 is 62.1. The van der Waals surface area contributed by atoms with Gasteiger partial charge < -0.3 is 30.5 Å². The first kappa shape index (κ1) is 35.7.